The normalized spacial score (nSPS) is 12.2. The summed E-state index contributed by atoms with van der Waals surface area (Å²) in [6, 6.07) is 17.6. The van der Waals surface area contributed by atoms with Crippen LogP contribution in [0.1, 0.15) is 31.5 Å². The van der Waals surface area contributed by atoms with Crippen LogP contribution < -0.4 is 9.47 Å². The van der Waals surface area contributed by atoms with Crippen LogP contribution in [0.4, 0.5) is 0 Å². The molecule has 0 saturated heterocycles. The van der Waals surface area contributed by atoms with Crippen molar-refractivity contribution >= 4 is 0 Å². The summed E-state index contributed by atoms with van der Waals surface area (Å²) in [6.07, 6.45) is 0.598. The Labute approximate surface area is 178 Å². The summed E-state index contributed by atoms with van der Waals surface area (Å²) in [7, 11) is 1.63. The minimum Gasteiger partial charge on any atom is -0.493 e. The molecule has 30 heavy (non-hydrogen) atoms. The molecular formula is C24H31N3O3. The van der Waals surface area contributed by atoms with Gasteiger partial charge in [-0.25, -0.2) is 4.68 Å². The molecule has 6 nitrogen and oxygen atoms in total. The third kappa shape index (κ3) is 5.20. The van der Waals surface area contributed by atoms with E-state index >= 15 is 0 Å². The Bertz CT molecular complexity index is 938. The van der Waals surface area contributed by atoms with Gasteiger partial charge in [0.2, 0.25) is 5.88 Å². The summed E-state index contributed by atoms with van der Waals surface area (Å²) in [5, 5.41) is 14.7. The maximum absolute atomic E-state index is 9.94. The molecule has 0 aliphatic carbocycles. The summed E-state index contributed by atoms with van der Waals surface area (Å²) < 4.78 is 13.7. The number of ether oxygens (including phenoxy) is 2. The first-order valence-corrected chi connectivity index (χ1v) is 10.4. The highest BCUT2D eigenvalue weighted by molar-refractivity contribution is 5.47. The number of aryl methyl sites for hydroxylation is 1. The highest BCUT2D eigenvalue weighted by atomic mass is 16.5. The second-order valence-electron chi connectivity index (χ2n) is 7.45. The molecule has 0 bridgehead atoms. The molecule has 1 heterocycles. The molecule has 0 aliphatic rings. The lowest BCUT2D eigenvalue weighted by Crippen LogP contribution is -2.31. The topological polar surface area (TPSA) is 59.8 Å². The lowest BCUT2D eigenvalue weighted by molar-refractivity contribution is 0.122. The highest BCUT2D eigenvalue weighted by Gasteiger charge is 2.22. The lowest BCUT2D eigenvalue weighted by Gasteiger charge is -2.23. The molecule has 6 heteroatoms. The van der Waals surface area contributed by atoms with Crippen molar-refractivity contribution in [3.8, 4) is 23.1 Å². The first-order chi connectivity index (χ1) is 14.5. The number of methoxy groups -OCH3 is 1. The molecule has 0 amide bonds. The van der Waals surface area contributed by atoms with Gasteiger partial charge in [0.15, 0.2) is 11.5 Å². The Balaban J connectivity index is 2.06. The molecule has 1 unspecified atom stereocenters. The Morgan fingerprint density at radius 3 is 2.37 bits per heavy atom. The maximum atomic E-state index is 9.94. The van der Waals surface area contributed by atoms with Crippen LogP contribution in [0.3, 0.4) is 0 Å². The van der Waals surface area contributed by atoms with E-state index in [2.05, 4.69) is 11.8 Å². The minimum atomic E-state index is -0.403. The molecule has 0 aliphatic heterocycles. The third-order valence-electron chi connectivity index (χ3n) is 4.86. The van der Waals surface area contributed by atoms with Crippen LogP contribution in [0.5, 0.6) is 17.4 Å². The van der Waals surface area contributed by atoms with Gasteiger partial charge < -0.3 is 14.6 Å². The number of hydrogen-bond acceptors (Lipinski definition) is 5. The molecule has 0 saturated carbocycles. The van der Waals surface area contributed by atoms with Gasteiger partial charge in [0.25, 0.3) is 0 Å². The van der Waals surface area contributed by atoms with Gasteiger partial charge in [-0.2, -0.15) is 5.10 Å². The van der Waals surface area contributed by atoms with Crippen molar-refractivity contribution in [2.45, 2.75) is 39.8 Å². The molecule has 0 fully saturated rings. The van der Waals surface area contributed by atoms with E-state index in [9.17, 15) is 5.11 Å². The summed E-state index contributed by atoms with van der Waals surface area (Å²) in [4.78, 5) is 2.24. The van der Waals surface area contributed by atoms with Crippen molar-refractivity contribution in [3.05, 3.63) is 65.9 Å². The maximum Gasteiger partial charge on any atom is 0.227 e. The van der Waals surface area contributed by atoms with Gasteiger partial charge in [0, 0.05) is 13.1 Å². The van der Waals surface area contributed by atoms with Crippen molar-refractivity contribution in [1.82, 2.24) is 14.7 Å². The summed E-state index contributed by atoms with van der Waals surface area (Å²) in [5.41, 5.74) is 2.82. The standard InChI is InChI=1S/C24H31N3O3/c1-5-15-26(16-18(2)28)17-21-19(3)25-27(20-11-7-6-8-12-20)24(21)30-23-14-10-9-13-22(23)29-4/h6-14,18,28H,5,15-17H2,1-4H3. The zero-order chi connectivity index (χ0) is 21.5. The first kappa shape index (κ1) is 21.9. The Morgan fingerprint density at radius 2 is 1.73 bits per heavy atom. The smallest absolute Gasteiger partial charge is 0.227 e. The molecule has 2 aromatic carbocycles. The number of rotatable bonds is 10. The molecule has 3 aromatic rings. The fourth-order valence-corrected chi connectivity index (χ4v) is 3.53. The summed E-state index contributed by atoms with van der Waals surface area (Å²) >= 11 is 0. The number of hydrogen-bond donors (Lipinski definition) is 1. The molecule has 1 aromatic heterocycles. The van der Waals surface area contributed by atoms with Gasteiger partial charge in [0.1, 0.15) is 0 Å². The van der Waals surface area contributed by atoms with Crippen LogP contribution in [0, 0.1) is 6.92 Å². The van der Waals surface area contributed by atoms with Crippen molar-refractivity contribution in [2.75, 3.05) is 20.2 Å². The van der Waals surface area contributed by atoms with Gasteiger partial charge in [0.05, 0.1) is 30.2 Å². The van der Waals surface area contributed by atoms with Crippen LogP contribution in [0.2, 0.25) is 0 Å². The van der Waals surface area contributed by atoms with E-state index in [1.54, 1.807) is 7.11 Å². The predicted octanol–water partition coefficient (Wildman–Crippen LogP) is 4.57. The fourth-order valence-electron chi connectivity index (χ4n) is 3.53. The van der Waals surface area contributed by atoms with Crippen molar-refractivity contribution in [1.29, 1.82) is 0 Å². The van der Waals surface area contributed by atoms with Crippen molar-refractivity contribution < 1.29 is 14.6 Å². The molecule has 1 N–H and O–H groups in total. The monoisotopic (exact) mass is 409 g/mol. The number of aromatic nitrogens is 2. The third-order valence-corrected chi connectivity index (χ3v) is 4.86. The van der Waals surface area contributed by atoms with Gasteiger partial charge in [-0.3, -0.25) is 4.90 Å². The van der Waals surface area contributed by atoms with E-state index in [0.29, 0.717) is 30.5 Å². The van der Waals surface area contributed by atoms with Crippen LogP contribution in [0.15, 0.2) is 54.6 Å². The highest BCUT2D eigenvalue weighted by Crippen LogP contribution is 2.36. The SMILES string of the molecule is CCCN(Cc1c(C)nn(-c2ccccc2)c1Oc1ccccc1OC)CC(C)O. The molecular weight excluding hydrogens is 378 g/mol. The second-order valence-corrected chi connectivity index (χ2v) is 7.45. The van der Waals surface area contributed by atoms with E-state index in [4.69, 9.17) is 14.6 Å². The van der Waals surface area contributed by atoms with Crippen molar-refractivity contribution in [2.24, 2.45) is 0 Å². The average molecular weight is 410 g/mol. The fraction of sp³-hybridized carbons (Fsp3) is 0.375. The van der Waals surface area contributed by atoms with E-state index in [1.807, 2.05) is 73.1 Å². The van der Waals surface area contributed by atoms with Gasteiger partial charge in [-0.15, -0.1) is 0 Å². The first-order valence-electron chi connectivity index (χ1n) is 10.4. The zero-order valence-corrected chi connectivity index (χ0v) is 18.2. The van der Waals surface area contributed by atoms with Crippen LogP contribution in [-0.4, -0.2) is 46.1 Å². The Morgan fingerprint density at radius 1 is 1.07 bits per heavy atom. The Kier molecular flexibility index (Phi) is 7.49. The van der Waals surface area contributed by atoms with Crippen LogP contribution in [-0.2, 0) is 6.54 Å². The molecule has 1 atom stereocenters. The van der Waals surface area contributed by atoms with Gasteiger partial charge in [-0.05, 0) is 51.1 Å². The van der Waals surface area contributed by atoms with E-state index in [1.165, 1.54) is 0 Å². The number of aliphatic hydroxyl groups is 1. The Hall–Kier alpha value is -2.83. The van der Waals surface area contributed by atoms with Gasteiger partial charge in [-0.1, -0.05) is 37.3 Å². The number of nitrogens with zero attached hydrogens (tertiary/aromatic N) is 3. The number of benzene rings is 2. The summed E-state index contributed by atoms with van der Waals surface area (Å²) in [5.74, 6) is 1.96. The molecule has 160 valence electrons. The average Bonchev–Trinajstić information content (AvgIpc) is 3.04. The van der Waals surface area contributed by atoms with E-state index in [-0.39, 0.29) is 0 Å². The molecule has 3 rings (SSSR count). The number of aliphatic hydroxyl groups excluding tert-OH is 1. The minimum absolute atomic E-state index is 0.403. The van der Waals surface area contributed by atoms with E-state index < -0.39 is 6.10 Å². The predicted molar refractivity (Wildman–Crippen MR) is 119 cm³/mol. The largest absolute Gasteiger partial charge is 0.493 e. The quantitative estimate of drug-likeness (QED) is 0.531. The lowest BCUT2D eigenvalue weighted by atomic mass is 10.2. The van der Waals surface area contributed by atoms with Crippen LogP contribution >= 0.6 is 0 Å². The summed E-state index contributed by atoms with van der Waals surface area (Å²) in [6.45, 7) is 8.07. The molecule has 0 spiro atoms. The molecule has 0 radical (unpaired) electrons. The van der Waals surface area contributed by atoms with E-state index in [0.717, 1.165) is 29.9 Å². The number of para-hydroxylation sites is 3. The second kappa shape index (κ2) is 10.3. The van der Waals surface area contributed by atoms with Crippen LogP contribution in [0.25, 0.3) is 5.69 Å². The zero-order valence-electron chi connectivity index (χ0n) is 18.2. The van der Waals surface area contributed by atoms with Gasteiger partial charge >= 0.3 is 0 Å². The van der Waals surface area contributed by atoms with Crippen molar-refractivity contribution in [3.63, 3.8) is 0 Å².